The van der Waals surface area contributed by atoms with Crippen molar-refractivity contribution in [1.29, 1.82) is 0 Å². The van der Waals surface area contributed by atoms with Crippen LogP contribution >= 0.6 is 0 Å². The first-order valence-electron chi connectivity index (χ1n) is 7.47. The minimum atomic E-state index is -0.961. The largest absolute Gasteiger partial charge is 0.467 e. The summed E-state index contributed by atoms with van der Waals surface area (Å²) in [7, 11) is 2.81. The third kappa shape index (κ3) is 4.56. The molecule has 0 saturated carbocycles. The van der Waals surface area contributed by atoms with Crippen molar-refractivity contribution in [3.63, 3.8) is 0 Å². The standard InChI is InChI=1S/C17H25NO4/c1-5-6-12-17(2,22-4)16(20)18-14(15(19)21-3)13-10-8-7-9-11-13/h7-11,14H,5-6,12H2,1-4H3,(H,18,20)/t14-,17+/m1/s1. The molecular weight excluding hydrogens is 282 g/mol. The zero-order valence-corrected chi connectivity index (χ0v) is 13.7. The monoisotopic (exact) mass is 307 g/mol. The van der Waals surface area contributed by atoms with Gasteiger partial charge in [0, 0.05) is 7.11 Å². The number of rotatable bonds is 8. The molecule has 0 aliphatic rings. The van der Waals surface area contributed by atoms with E-state index in [9.17, 15) is 9.59 Å². The van der Waals surface area contributed by atoms with E-state index in [4.69, 9.17) is 9.47 Å². The van der Waals surface area contributed by atoms with Crippen LogP contribution in [0.2, 0.25) is 0 Å². The highest BCUT2D eigenvalue weighted by Crippen LogP contribution is 2.21. The van der Waals surface area contributed by atoms with Crippen LogP contribution in [0.4, 0.5) is 0 Å². The van der Waals surface area contributed by atoms with E-state index in [0.29, 0.717) is 12.0 Å². The quantitative estimate of drug-likeness (QED) is 0.750. The van der Waals surface area contributed by atoms with E-state index in [1.165, 1.54) is 14.2 Å². The van der Waals surface area contributed by atoms with Crippen LogP contribution in [0.3, 0.4) is 0 Å². The summed E-state index contributed by atoms with van der Waals surface area (Å²) in [6.45, 7) is 3.78. The number of methoxy groups -OCH3 is 2. The molecule has 1 rings (SSSR count). The summed E-state index contributed by atoms with van der Waals surface area (Å²) in [5.74, 6) is -0.823. The molecule has 2 atom stereocenters. The van der Waals surface area contributed by atoms with Gasteiger partial charge in [0.2, 0.25) is 0 Å². The fourth-order valence-electron chi connectivity index (χ4n) is 2.15. The van der Waals surface area contributed by atoms with E-state index in [1.54, 1.807) is 19.1 Å². The van der Waals surface area contributed by atoms with Gasteiger partial charge in [-0.1, -0.05) is 50.1 Å². The molecule has 0 aromatic heterocycles. The smallest absolute Gasteiger partial charge is 0.333 e. The number of ether oxygens (including phenoxy) is 2. The molecule has 22 heavy (non-hydrogen) atoms. The Hall–Kier alpha value is -1.88. The van der Waals surface area contributed by atoms with Gasteiger partial charge < -0.3 is 14.8 Å². The Morgan fingerprint density at radius 3 is 2.36 bits per heavy atom. The second-order valence-electron chi connectivity index (χ2n) is 5.38. The van der Waals surface area contributed by atoms with Gasteiger partial charge in [-0.3, -0.25) is 4.79 Å². The van der Waals surface area contributed by atoms with Crippen molar-refractivity contribution >= 4 is 11.9 Å². The number of benzene rings is 1. The van der Waals surface area contributed by atoms with Gasteiger partial charge in [-0.25, -0.2) is 4.79 Å². The van der Waals surface area contributed by atoms with Crippen molar-refractivity contribution in [1.82, 2.24) is 5.32 Å². The topological polar surface area (TPSA) is 64.6 Å². The summed E-state index contributed by atoms with van der Waals surface area (Å²) in [5.41, 5.74) is -0.284. The van der Waals surface area contributed by atoms with Crippen LogP contribution in [-0.4, -0.2) is 31.7 Å². The van der Waals surface area contributed by atoms with Gasteiger partial charge in [0.1, 0.15) is 5.60 Å². The van der Waals surface area contributed by atoms with Gasteiger partial charge in [0.25, 0.3) is 5.91 Å². The Labute approximate surface area is 132 Å². The molecule has 0 bridgehead atoms. The molecule has 0 aliphatic heterocycles. The zero-order chi connectivity index (χ0) is 16.6. The lowest BCUT2D eigenvalue weighted by Gasteiger charge is -2.29. The average Bonchev–Trinajstić information content (AvgIpc) is 2.57. The molecule has 1 aromatic carbocycles. The van der Waals surface area contributed by atoms with E-state index in [-0.39, 0.29) is 5.91 Å². The van der Waals surface area contributed by atoms with Gasteiger partial charge in [0.05, 0.1) is 7.11 Å². The van der Waals surface area contributed by atoms with E-state index >= 15 is 0 Å². The minimum absolute atomic E-state index is 0.317. The van der Waals surface area contributed by atoms with Gasteiger partial charge in [0.15, 0.2) is 6.04 Å². The molecule has 0 unspecified atom stereocenters. The second-order valence-corrected chi connectivity index (χ2v) is 5.38. The highest BCUT2D eigenvalue weighted by Gasteiger charge is 2.35. The first-order chi connectivity index (χ1) is 10.5. The van der Waals surface area contributed by atoms with Gasteiger partial charge in [-0.15, -0.1) is 0 Å². The number of unbranched alkanes of at least 4 members (excludes halogenated alkanes) is 1. The molecule has 0 fully saturated rings. The van der Waals surface area contributed by atoms with E-state index in [1.807, 2.05) is 18.2 Å². The van der Waals surface area contributed by atoms with Crippen LogP contribution in [-0.2, 0) is 19.1 Å². The highest BCUT2D eigenvalue weighted by atomic mass is 16.5. The molecule has 0 spiro atoms. The Kier molecular flexibility index (Phi) is 7.05. The maximum atomic E-state index is 12.6. The van der Waals surface area contributed by atoms with Crippen molar-refractivity contribution in [3.05, 3.63) is 35.9 Å². The Morgan fingerprint density at radius 1 is 1.23 bits per heavy atom. The first kappa shape index (κ1) is 18.2. The van der Waals surface area contributed by atoms with Crippen molar-refractivity contribution in [2.45, 2.75) is 44.8 Å². The fourth-order valence-corrected chi connectivity index (χ4v) is 2.15. The molecule has 0 radical (unpaired) electrons. The molecule has 0 aliphatic carbocycles. The highest BCUT2D eigenvalue weighted by molar-refractivity contribution is 5.90. The minimum Gasteiger partial charge on any atom is -0.467 e. The van der Waals surface area contributed by atoms with Crippen LogP contribution in [0, 0.1) is 0 Å². The Bertz CT molecular complexity index is 489. The molecular formula is C17H25NO4. The predicted molar refractivity (Wildman–Crippen MR) is 84.3 cm³/mol. The average molecular weight is 307 g/mol. The first-order valence-corrected chi connectivity index (χ1v) is 7.47. The van der Waals surface area contributed by atoms with Crippen LogP contribution in [0.1, 0.15) is 44.7 Å². The third-order valence-corrected chi connectivity index (χ3v) is 3.78. The number of hydrogen-bond donors (Lipinski definition) is 1. The third-order valence-electron chi connectivity index (χ3n) is 3.78. The van der Waals surface area contributed by atoms with Crippen LogP contribution in [0.5, 0.6) is 0 Å². The summed E-state index contributed by atoms with van der Waals surface area (Å²) in [6.07, 6.45) is 2.42. The fraction of sp³-hybridized carbons (Fsp3) is 0.529. The number of carbonyl (C=O) groups excluding carboxylic acids is 2. The van der Waals surface area contributed by atoms with Crippen molar-refractivity contribution in [2.75, 3.05) is 14.2 Å². The maximum absolute atomic E-state index is 12.6. The van der Waals surface area contributed by atoms with Gasteiger partial charge in [-0.05, 0) is 18.9 Å². The summed E-state index contributed by atoms with van der Waals surface area (Å²) in [6, 6.07) is 8.18. The lowest BCUT2D eigenvalue weighted by Crippen LogP contribution is -2.48. The summed E-state index contributed by atoms with van der Waals surface area (Å²) in [4.78, 5) is 24.6. The van der Waals surface area contributed by atoms with Crippen LogP contribution < -0.4 is 5.32 Å². The van der Waals surface area contributed by atoms with Crippen LogP contribution in [0.25, 0.3) is 0 Å². The van der Waals surface area contributed by atoms with Gasteiger partial charge >= 0.3 is 5.97 Å². The second kappa shape index (κ2) is 8.54. The summed E-state index contributed by atoms with van der Waals surface area (Å²) in [5, 5.41) is 2.75. The van der Waals surface area contributed by atoms with E-state index in [0.717, 1.165) is 12.8 Å². The normalized spacial score (nSPS) is 14.7. The molecule has 5 heteroatoms. The molecule has 122 valence electrons. The zero-order valence-electron chi connectivity index (χ0n) is 13.7. The Balaban J connectivity index is 2.94. The number of esters is 1. The number of amides is 1. The van der Waals surface area contributed by atoms with E-state index < -0.39 is 17.6 Å². The molecule has 1 aromatic rings. The maximum Gasteiger partial charge on any atom is 0.333 e. The number of hydrogen-bond acceptors (Lipinski definition) is 4. The molecule has 1 amide bonds. The number of carbonyl (C=O) groups is 2. The van der Waals surface area contributed by atoms with Crippen molar-refractivity contribution < 1.29 is 19.1 Å². The van der Waals surface area contributed by atoms with E-state index in [2.05, 4.69) is 12.2 Å². The van der Waals surface area contributed by atoms with Crippen molar-refractivity contribution in [3.8, 4) is 0 Å². The summed E-state index contributed by atoms with van der Waals surface area (Å²) < 4.78 is 10.2. The molecule has 0 saturated heterocycles. The predicted octanol–water partition coefficient (Wildman–Crippen LogP) is 2.61. The lowest BCUT2D eigenvalue weighted by molar-refractivity contribution is -0.151. The SMILES string of the molecule is CCCC[C@](C)(OC)C(=O)N[C@@H](C(=O)OC)c1ccccc1. The molecule has 1 N–H and O–H groups in total. The summed E-state index contributed by atoms with van der Waals surface area (Å²) >= 11 is 0. The van der Waals surface area contributed by atoms with Crippen molar-refractivity contribution in [2.24, 2.45) is 0 Å². The lowest BCUT2D eigenvalue weighted by atomic mass is 9.96. The number of nitrogens with one attached hydrogen (secondary N) is 1. The Morgan fingerprint density at radius 2 is 1.86 bits per heavy atom. The van der Waals surface area contributed by atoms with Gasteiger partial charge in [-0.2, -0.15) is 0 Å². The molecule has 5 nitrogen and oxygen atoms in total. The molecule has 0 heterocycles. The van der Waals surface area contributed by atoms with Crippen LogP contribution in [0.15, 0.2) is 30.3 Å².